The lowest BCUT2D eigenvalue weighted by atomic mass is 10.1. The van der Waals surface area contributed by atoms with Gasteiger partial charge in [0.25, 0.3) is 0 Å². The fourth-order valence-electron chi connectivity index (χ4n) is 4.40. The van der Waals surface area contributed by atoms with Gasteiger partial charge in [0.1, 0.15) is 17.7 Å². The van der Waals surface area contributed by atoms with Crippen LogP contribution >= 0.6 is 0 Å². The van der Waals surface area contributed by atoms with Crippen molar-refractivity contribution < 1.29 is 18.7 Å². The number of benzene rings is 3. The van der Waals surface area contributed by atoms with E-state index in [4.69, 9.17) is 14.5 Å². The highest BCUT2D eigenvalue weighted by atomic mass is 19.1. The Morgan fingerprint density at radius 2 is 1.75 bits per heavy atom. The maximum Gasteiger partial charge on any atom is 0.242 e. The number of methoxy groups -OCH3 is 2. The van der Waals surface area contributed by atoms with Crippen LogP contribution < -0.4 is 14.8 Å². The number of carbonyl (C=O) groups is 1. The monoisotopic (exact) mass is 489 g/mol. The van der Waals surface area contributed by atoms with Gasteiger partial charge < -0.3 is 19.4 Å². The Hall–Kier alpha value is -3.87. The van der Waals surface area contributed by atoms with E-state index in [0.717, 1.165) is 27.7 Å². The van der Waals surface area contributed by atoms with Gasteiger partial charge in [-0.2, -0.15) is 0 Å². The molecule has 4 aromatic rings. The molecule has 188 valence electrons. The van der Waals surface area contributed by atoms with E-state index >= 15 is 0 Å². The van der Waals surface area contributed by atoms with Crippen molar-refractivity contribution in [2.24, 2.45) is 0 Å². The summed E-state index contributed by atoms with van der Waals surface area (Å²) in [5.41, 5.74) is 5.48. The van der Waals surface area contributed by atoms with E-state index in [1.165, 1.54) is 6.07 Å². The van der Waals surface area contributed by atoms with Crippen LogP contribution in [0.4, 0.5) is 4.39 Å². The van der Waals surface area contributed by atoms with Crippen molar-refractivity contribution in [1.29, 1.82) is 0 Å². The van der Waals surface area contributed by atoms with E-state index in [0.29, 0.717) is 42.3 Å². The molecule has 1 atom stereocenters. The van der Waals surface area contributed by atoms with Crippen molar-refractivity contribution in [3.8, 4) is 11.5 Å². The largest absolute Gasteiger partial charge is 0.493 e. The summed E-state index contributed by atoms with van der Waals surface area (Å²) in [6.07, 6.45) is 0.937. The Kier molecular flexibility index (Phi) is 7.58. The molecule has 1 amide bonds. The molecule has 0 saturated heterocycles. The minimum atomic E-state index is -0.524. The van der Waals surface area contributed by atoms with Gasteiger partial charge in [-0.1, -0.05) is 24.3 Å². The van der Waals surface area contributed by atoms with Crippen molar-refractivity contribution in [2.75, 3.05) is 20.8 Å². The summed E-state index contributed by atoms with van der Waals surface area (Å²) in [5.74, 6) is 1.57. The molecule has 4 rings (SSSR count). The first-order valence-electron chi connectivity index (χ1n) is 12.0. The van der Waals surface area contributed by atoms with E-state index in [2.05, 4.69) is 11.4 Å². The van der Waals surface area contributed by atoms with Gasteiger partial charge in [-0.3, -0.25) is 4.79 Å². The lowest BCUT2D eigenvalue weighted by Gasteiger charge is -2.18. The molecule has 0 aliphatic rings. The average Bonchev–Trinajstić information content (AvgIpc) is 3.21. The van der Waals surface area contributed by atoms with Crippen LogP contribution in [0.1, 0.15) is 41.0 Å². The van der Waals surface area contributed by atoms with Crippen LogP contribution in [0.25, 0.3) is 11.0 Å². The van der Waals surface area contributed by atoms with Gasteiger partial charge in [0.2, 0.25) is 5.91 Å². The van der Waals surface area contributed by atoms with Crippen molar-refractivity contribution in [1.82, 2.24) is 14.9 Å². The Morgan fingerprint density at radius 3 is 2.47 bits per heavy atom. The molecular weight excluding hydrogens is 457 g/mol. The number of carbonyl (C=O) groups excluding carboxylic acids is 1. The average molecular weight is 490 g/mol. The molecule has 0 radical (unpaired) electrons. The molecule has 1 N–H and O–H groups in total. The molecule has 6 nitrogen and oxygen atoms in total. The summed E-state index contributed by atoms with van der Waals surface area (Å²) in [4.78, 5) is 18.1. The minimum absolute atomic E-state index is 0.122. The summed E-state index contributed by atoms with van der Waals surface area (Å²) in [5, 5.41) is 3.04. The number of aromatic nitrogens is 2. The zero-order chi connectivity index (χ0) is 25.8. The van der Waals surface area contributed by atoms with Gasteiger partial charge in [0, 0.05) is 13.0 Å². The highest BCUT2D eigenvalue weighted by Crippen LogP contribution is 2.28. The Morgan fingerprint density at radius 1 is 1.03 bits per heavy atom. The van der Waals surface area contributed by atoms with Gasteiger partial charge in [-0.05, 0) is 79.8 Å². The number of nitrogens with zero attached hydrogens (tertiary/aromatic N) is 2. The molecule has 0 unspecified atom stereocenters. The number of aryl methyl sites for hydroxylation is 2. The third-order valence-corrected chi connectivity index (χ3v) is 6.61. The number of hydrogen-bond donors (Lipinski definition) is 1. The second-order valence-corrected chi connectivity index (χ2v) is 9.00. The molecule has 7 heteroatoms. The molecule has 1 heterocycles. The van der Waals surface area contributed by atoms with Gasteiger partial charge in [-0.25, -0.2) is 9.37 Å². The lowest BCUT2D eigenvalue weighted by Crippen LogP contribution is -2.33. The van der Waals surface area contributed by atoms with Crippen molar-refractivity contribution >= 4 is 16.9 Å². The van der Waals surface area contributed by atoms with E-state index < -0.39 is 6.04 Å². The fourth-order valence-corrected chi connectivity index (χ4v) is 4.40. The second kappa shape index (κ2) is 10.8. The molecule has 0 fully saturated rings. The number of rotatable bonds is 9. The van der Waals surface area contributed by atoms with Crippen LogP contribution in [0.2, 0.25) is 0 Å². The standard InChI is InChI=1S/C29H32FN3O3/c1-18-14-24-25(15-19(18)2)33(28(32-24)17-22-8-6-7-9-23(22)30)20(3)29(34)31-13-12-21-10-11-26(35-4)27(16-21)36-5/h6-11,14-16,20H,12-13,17H2,1-5H3,(H,31,34)/t20-/m1/s1. The summed E-state index contributed by atoms with van der Waals surface area (Å²) < 4.78 is 27.0. The van der Waals surface area contributed by atoms with E-state index in [1.807, 2.05) is 55.7 Å². The zero-order valence-electron chi connectivity index (χ0n) is 21.4. The number of imidazole rings is 1. The zero-order valence-corrected chi connectivity index (χ0v) is 21.4. The number of amides is 1. The number of fused-ring (bicyclic) bond motifs is 1. The van der Waals surface area contributed by atoms with E-state index in [9.17, 15) is 9.18 Å². The van der Waals surface area contributed by atoms with Gasteiger partial charge in [0.15, 0.2) is 11.5 Å². The molecule has 36 heavy (non-hydrogen) atoms. The summed E-state index contributed by atoms with van der Waals surface area (Å²) in [7, 11) is 3.20. The minimum Gasteiger partial charge on any atom is -0.493 e. The molecule has 0 spiro atoms. The first kappa shape index (κ1) is 25.2. The summed E-state index contributed by atoms with van der Waals surface area (Å²) in [6.45, 7) is 6.39. The van der Waals surface area contributed by atoms with Crippen molar-refractivity contribution in [3.63, 3.8) is 0 Å². The second-order valence-electron chi connectivity index (χ2n) is 9.00. The topological polar surface area (TPSA) is 65.4 Å². The van der Waals surface area contributed by atoms with Crippen molar-refractivity contribution in [3.05, 3.63) is 88.5 Å². The van der Waals surface area contributed by atoms with Crippen LogP contribution in [-0.4, -0.2) is 36.2 Å². The predicted octanol–water partition coefficient (Wildman–Crippen LogP) is 5.32. The predicted molar refractivity (Wildman–Crippen MR) is 139 cm³/mol. The quantitative estimate of drug-likeness (QED) is 0.346. The van der Waals surface area contributed by atoms with Crippen molar-refractivity contribution in [2.45, 2.75) is 39.7 Å². The number of hydrogen-bond acceptors (Lipinski definition) is 4. The van der Waals surface area contributed by atoms with Gasteiger partial charge in [0.05, 0.1) is 25.3 Å². The van der Waals surface area contributed by atoms with Crippen LogP contribution in [0, 0.1) is 19.7 Å². The summed E-state index contributed by atoms with van der Waals surface area (Å²) in [6, 6.07) is 16.0. The molecule has 0 aliphatic carbocycles. The van der Waals surface area contributed by atoms with Crippen LogP contribution in [-0.2, 0) is 17.6 Å². The maximum atomic E-state index is 14.4. The first-order chi connectivity index (χ1) is 17.3. The van der Waals surface area contributed by atoms with Crippen LogP contribution in [0.5, 0.6) is 11.5 Å². The normalized spacial score (nSPS) is 11.9. The fraction of sp³-hybridized carbons (Fsp3) is 0.310. The Labute approximate surface area is 211 Å². The smallest absolute Gasteiger partial charge is 0.242 e. The number of halogens is 1. The Balaban J connectivity index is 1.57. The molecule has 0 saturated carbocycles. The van der Waals surface area contributed by atoms with E-state index in [1.54, 1.807) is 26.4 Å². The van der Waals surface area contributed by atoms with Crippen LogP contribution in [0.3, 0.4) is 0 Å². The van der Waals surface area contributed by atoms with Crippen LogP contribution in [0.15, 0.2) is 54.6 Å². The first-order valence-corrected chi connectivity index (χ1v) is 12.0. The molecule has 1 aromatic heterocycles. The lowest BCUT2D eigenvalue weighted by molar-refractivity contribution is -0.123. The third-order valence-electron chi connectivity index (χ3n) is 6.61. The maximum absolute atomic E-state index is 14.4. The number of nitrogens with one attached hydrogen (secondary N) is 1. The molecule has 0 bridgehead atoms. The highest BCUT2D eigenvalue weighted by Gasteiger charge is 2.23. The van der Waals surface area contributed by atoms with E-state index in [-0.39, 0.29) is 11.7 Å². The highest BCUT2D eigenvalue weighted by molar-refractivity contribution is 5.85. The molecule has 0 aliphatic heterocycles. The Bertz CT molecular complexity index is 1400. The molecule has 3 aromatic carbocycles. The SMILES string of the molecule is COc1ccc(CCNC(=O)[C@@H](C)n2c(Cc3ccccc3F)nc3cc(C)c(C)cc32)cc1OC. The third kappa shape index (κ3) is 5.20. The molecular formula is C29H32FN3O3. The summed E-state index contributed by atoms with van der Waals surface area (Å²) >= 11 is 0. The number of ether oxygens (including phenoxy) is 2. The van der Waals surface area contributed by atoms with Gasteiger partial charge >= 0.3 is 0 Å². The van der Waals surface area contributed by atoms with Gasteiger partial charge in [-0.15, -0.1) is 0 Å².